The van der Waals surface area contributed by atoms with Crippen LogP contribution in [0, 0.1) is 17.8 Å². The minimum absolute atomic E-state index is 0.702. The zero-order valence-corrected chi connectivity index (χ0v) is 15.9. The molecule has 0 aromatic heterocycles. The molecule has 3 heteroatoms. The third kappa shape index (κ3) is 3.56. The van der Waals surface area contributed by atoms with E-state index in [0.717, 1.165) is 31.0 Å². The van der Waals surface area contributed by atoms with Crippen molar-refractivity contribution < 1.29 is 8.85 Å². The van der Waals surface area contributed by atoms with Crippen molar-refractivity contribution in [3.05, 3.63) is 0 Å². The summed E-state index contributed by atoms with van der Waals surface area (Å²) in [6.45, 7) is 13.3. The average molecular weight is 313 g/mol. The van der Waals surface area contributed by atoms with Gasteiger partial charge in [0.05, 0.1) is 0 Å². The van der Waals surface area contributed by atoms with E-state index in [1.54, 1.807) is 0 Å². The molecule has 0 heterocycles. The van der Waals surface area contributed by atoms with Gasteiger partial charge < -0.3 is 8.85 Å². The normalized spacial score (nSPS) is 37.9. The molecular weight excluding hydrogens is 276 g/mol. The van der Waals surface area contributed by atoms with Crippen LogP contribution in [0.25, 0.3) is 0 Å². The maximum atomic E-state index is 6.60. The lowest BCUT2D eigenvalue weighted by Gasteiger charge is -2.46. The Morgan fingerprint density at radius 1 is 0.857 bits per heavy atom. The van der Waals surface area contributed by atoms with Gasteiger partial charge in [-0.1, -0.05) is 46.5 Å². The van der Waals surface area contributed by atoms with Gasteiger partial charge in [-0.15, -0.1) is 0 Å². The van der Waals surface area contributed by atoms with Gasteiger partial charge in [-0.25, -0.2) is 0 Å². The Bertz CT molecular complexity index is 304. The molecule has 2 aliphatic carbocycles. The minimum atomic E-state index is -2.13. The predicted octanol–water partition coefficient (Wildman–Crippen LogP) is 5.52. The Balaban J connectivity index is 2.31. The lowest BCUT2D eigenvalue weighted by atomic mass is 9.90. The van der Waals surface area contributed by atoms with E-state index < -0.39 is 8.56 Å². The van der Waals surface area contributed by atoms with E-state index in [4.69, 9.17) is 8.85 Å². The van der Waals surface area contributed by atoms with Crippen LogP contribution in [0.1, 0.15) is 73.1 Å². The molecule has 0 aliphatic heterocycles. The molecular formula is C18H36O2Si. The van der Waals surface area contributed by atoms with Gasteiger partial charge in [-0.3, -0.25) is 0 Å². The van der Waals surface area contributed by atoms with Crippen LogP contribution in [0.4, 0.5) is 0 Å². The monoisotopic (exact) mass is 312 g/mol. The maximum Gasteiger partial charge on any atom is 0.345 e. The summed E-state index contributed by atoms with van der Waals surface area (Å²) in [5, 5.41) is 0. The van der Waals surface area contributed by atoms with Gasteiger partial charge in [-0.05, 0) is 44.4 Å². The summed E-state index contributed by atoms with van der Waals surface area (Å²) in [6, 6.07) is 0. The summed E-state index contributed by atoms with van der Waals surface area (Å²) >= 11 is 0. The third-order valence-electron chi connectivity index (χ3n) is 6.01. The lowest BCUT2D eigenvalue weighted by molar-refractivity contribution is 0.138. The minimum Gasteiger partial charge on any atom is -0.394 e. The molecule has 0 saturated heterocycles. The van der Waals surface area contributed by atoms with Gasteiger partial charge in [0.1, 0.15) is 0 Å². The molecule has 124 valence electrons. The highest BCUT2D eigenvalue weighted by Crippen LogP contribution is 2.55. The van der Waals surface area contributed by atoms with Gasteiger partial charge in [-0.2, -0.15) is 0 Å². The topological polar surface area (TPSA) is 18.5 Å². The van der Waals surface area contributed by atoms with Gasteiger partial charge in [0.2, 0.25) is 0 Å². The van der Waals surface area contributed by atoms with Gasteiger partial charge in [0.15, 0.2) is 0 Å². The van der Waals surface area contributed by atoms with Crippen molar-refractivity contribution >= 4 is 8.56 Å². The van der Waals surface area contributed by atoms with E-state index in [9.17, 15) is 0 Å². The first-order valence-corrected chi connectivity index (χ1v) is 11.3. The van der Waals surface area contributed by atoms with Crippen molar-refractivity contribution in [1.29, 1.82) is 0 Å². The largest absolute Gasteiger partial charge is 0.394 e. The van der Waals surface area contributed by atoms with Crippen LogP contribution in [0.2, 0.25) is 11.1 Å². The number of hydrogen-bond acceptors (Lipinski definition) is 2. The summed E-state index contributed by atoms with van der Waals surface area (Å²) in [7, 11) is -2.13. The Morgan fingerprint density at radius 3 is 1.90 bits per heavy atom. The number of rotatable bonds is 6. The van der Waals surface area contributed by atoms with Crippen LogP contribution in [0.15, 0.2) is 0 Å². The first-order chi connectivity index (χ1) is 10.0. The lowest BCUT2D eigenvalue weighted by Crippen LogP contribution is -2.54. The van der Waals surface area contributed by atoms with Crippen molar-refractivity contribution in [2.24, 2.45) is 17.8 Å². The highest BCUT2D eigenvalue weighted by atomic mass is 28.4. The average Bonchev–Trinajstić information content (AvgIpc) is 2.78. The molecule has 4 atom stereocenters. The van der Waals surface area contributed by atoms with Crippen molar-refractivity contribution in [2.75, 3.05) is 13.2 Å². The SMILES string of the molecule is CCO[Si](OCC)(C1CCCC(C)C1)C1C(C)CCC1C. The molecule has 2 fully saturated rings. The summed E-state index contributed by atoms with van der Waals surface area (Å²) in [5.74, 6) is 2.41. The zero-order valence-electron chi connectivity index (χ0n) is 14.9. The summed E-state index contributed by atoms with van der Waals surface area (Å²) < 4.78 is 13.2. The molecule has 2 saturated carbocycles. The summed E-state index contributed by atoms with van der Waals surface area (Å²) in [4.78, 5) is 0. The molecule has 0 bridgehead atoms. The van der Waals surface area contributed by atoms with Crippen LogP contribution < -0.4 is 0 Å². The second-order valence-corrected chi connectivity index (χ2v) is 11.1. The van der Waals surface area contributed by atoms with Crippen molar-refractivity contribution in [1.82, 2.24) is 0 Å². The quantitative estimate of drug-likeness (QED) is 0.601. The predicted molar refractivity (Wildman–Crippen MR) is 91.7 cm³/mol. The third-order valence-corrected chi connectivity index (χ3v) is 11.2. The Morgan fingerprint density at radius 2 is 1.43 bits per heavy atom. The first-order valence-electron chi connectivity index (χ1n) is 9.33. The Hall–Kier alpha value is 0.137. The van der Waals surface area contributed by atoms with E-state index in [1.807, 2.05) is 0 Å². The second-order valence-electron chi connectivity index (χ2n) is 7.61. The Kier molecular flexibility index (Phi) is 6.34. The van der Waals surface area contributed by atoms with Crippen molar-refractivity contribution in [2.45, 2.75) is 84.2 Å². The standard InChI is InChI=1S/C18H36O2Si/c1-6-19-21(20-7-2,17-10-8-9-14(3)13-17)18-15(4)11-12-16(18)5/h14-18H,6-13H2,1-5H3. The molecule has 0 aromatic rings. The van der Waals surface area contributed by atoms with Crippen molar-refractivity contribution in [3.8, 4) is 0 Å². The molecule has 2 nitrogen and oxygen atoms in total. The highest BCUT2D eigenvalue weighted by Gasteiger charge is 2.57. The number of hydrogen-bond donors (Lipinski definition) is 0. The van der Waals surface area contributed by atoms with E-state index in [-0.39, 0.29) is 0 Å². The maximum absolute atomic E-state index is 6.60. The fourth-order valence-electron chi connectivity index (χ4n) is 5.23. The van der Waals surface area contributed by atoms with Crippen LogP contribution in [0.5, 0.6) is 0 Å². The molecule has 0 aromatic carbocycles. The highest BCUT2D eigenvalue weighted by molar-refractivity contribution is 6.70. The fraction of sp³-hybridized carbons (Fsp3) is 1.00. The second kappa shape index (κ2) is 7.61. The van der Waals surface area contributed by atoms with Gasteiger partial charge >= 0.3 is 8.56 Å². The van der Waals surface area contributed by atoms with E-state index in [0.29, 0.717) is 11.1 Å². The van der Waals surface area contributed by atoms with Crippen LogP contribution >= 0.6 is 0 Å². The molecule has 0 amide bonds. The molecule has 21 heavy (non-hydrogen) atoms. The molecule has 4 unspecified atom stereocenters. The van der Waals surface area contributed by atoms with Crippen molar-refractivity contribution in [3.63, 3.8) is 0 Å². The summed E-state index contributed by atoms with van der Waals surface area (Å²) in [6.07, 6.45) is 8.17. The smallest absolute Gasteiger partial charge is 0.345 e. The van der Waals surface area contributed by atoms with Crippen LogP contribution in [-0.4, -0.2) is 21.8 Å². The molecule has 2 rings (SSSR count). The van der Waals surface area contributed by atoms with E-state index in [1.165, 1.54) is 38.5 Å². The van der Waals surface area contributed by atoms with Crippen LogP contribution in [-0.2, 0) is 8.85 Å². The van der Waals surface area contributed by atoms with Gasteiger partial charge in [0, 0.05) is 24.3 Å². The fourth-order valence-corrected chi connectivity index (χ4v) is 10.9. The molecule has 0 N–H and O–H groups in total. The molecule has 0 spiro atoms. The zero-order chi connectivity index (χ0) is 15.5. The molecule has 0 radical (unpaired) electrons. The van der Waals surface area contributed by atoms with E-state index in [2.05, 4.69) is 34.6 Å². The Labute approximate surface area is 133 Å². The molecule has 2 aliphatic rings. The summed E-state index contributed by atoms with van der Waals surface area (Å²) in [5.41, 5.74) is 1.42. The van der Waals surface area contributed by atoms with E-state index >= 15 is 0 Å². The first kappa shape index (κ1) is 17.5. The van der Waals surface area contributed by atoms with Gasteiger partial charge in [0.25, 0.3) is 0 Å². The van der Waals surface area contributed by atoms with Crippen LogP contribution in [0.3, 0.4) is 0 Å².